The first-order chi connectivity index (χ1) is 15.0. The molecular formula is C26H26N2O3. The van der Waals surface area contributed by atoms with Gasteiger partial charge in [-0.15, -0.1) is 0 Å². The third-order valence-corrected chi connectivity index (χ3v) is 5.44. The molecule has 1 saturated carbocycles. The number of anilines is 2. The number of ether oxygens (including phenoxy) is 1. The van der Waals surface area contributed by atoms with Crippen molar-refractivity contribution < 1.29 is 14.3 Å². The second kappa shape index (κ2) is 9.04. The van der Waals surface area contributed by atoms with Gasteiger partial charge in [-0.25, -0.2) is 0 Å². The molecule has 1 fully saturated rings. The van der Waals surface area contributed by atoms with Gasteiger partial charge < -0.3 is 15.4 Å². The summed E-state index contributed by atoms with van der Waals surface area (Å²) in [6, 6.07) is 23.3. The van der Waals surface area contributed by atoms with Gasteiger partial charge in [0.05, 0.1) is 0 Å². The molecule has 1 aliphatic carbocycles. The summed E-state index contributed by atoms with van der Waals surface area (Å²) in [4.78, 5) is 24.8. The smallest absolute Gasteiger partial charge is 0.265 e. The highest BCUT2D eigenvalue weighted by Crippen LogP contribution is 2.32. The van der Waals surface area contributed by atoms with E-state index in [0.717, 1.165) is 35.2 Å². The van der Waals surface area contributed by atoms with Gasteiger partial charge >= 0.3 is 0 Å². The van der Waals surface area contributed by atoms with Crippen LogP contribution in [0.15, 0.2) is 72.8 Å². The van der Waals surface area contributed by atoms with Gasteiger partial charge in [0.15, 0.2) is 6.10 Å². The molecule has 1 unspecified atom stereocenters. The van der Waals surface area contributed by atoms with E-state index in [0.29, 0.717) is 11.4 Å². The maximum Gasteiger partial charge on any atom is 0.265 e. The standard InChI is InChI=1S/C26H26N2O3/c1-17-23(9-6-10-24(17)28-26(30)21-11-12-21)27-25(29)18(2)31-22-15-13-20(14-16-22)19-7-4-3-5-8-19/h3-10,13-16,18,21H,11-12H2,1-2H3,(H,27,29)(H,28,30). The Kier molecular flexibility index (Phi) is 6.03. The molecule has 0 aliphatic heterocycles. The van der Waals surface area contributed by atoms with E-state index >= 15 is 0 Å². The first-order valence-corrected chi connectivity index (χ1v) is 10.5. The Morgan fingerprint density at radius 2 is 1.45 bits per heavy atom. The minimum Gasteiger partial charge on any atom is -0.481 e. The Hall–Kier alpha value is -3.60. The van der Waals surface area contributed by atoms with Gasteiger partial charge in [-0.05, 0) is 67.6 Å². The minimum atomic E-state index is -0.674. The molecule has 1 aliphatic rings. The van der Waals surface area contributed by atoms with Crippen molar-refractivity contribution in [1.82, 2.24) is 0 Å². The van der Waals surface area contributed by atoms with Crippen molar-refractivity contribution in [2.24, 2.45) is 5.92 Å². The largest absolute Gasteiger partial charge is 0.481 e. The zero-order chi connectivity index (χ0) is 21.8. The predicted octanol–water partition coefficient (Wildman–Crippen LogP) is 5.42. The van der Waals surface area contributed by atoms with Gasteiger partial charge in [-0.3, -0.25) is 9.59 Å². The Morgan fingerprint density at radius 1 is 0.839 bits per heavy atom. The van der Waals surface area contributed by atoms with Gasteiger partial charge in [-0.2, -0.15) is 0 Å². The van der Waals surface area contributed by atoms with Crippen LogP contribution in [0.1, 0.15) is 25.3 Å². The van der Waals surface area contributed by atoms with Crippen LogP contribution in [-0.4, -0.2) is 17.9 Å². The number of hydrogen-bond acceptors (Lipinski definition) is 3. The van der Waals surface area contributed by atoms with Gasteiger partial charge in [0.25, 0.3) is 5.91 Å². The topological polar surface area (TPSA) is 67.4 Å². The van der Waals surface area contributed by atoms with E-state index in [4.69, 9.17) is 4.74 Å². The molecule has 0 bridgehead atoms. The van der Waals surface area contributed by atoms with Gasteiger partial charge in [0.1, 0.15) is 5.75 Å². The number of carbonyl (C=O) groups is 2. The number of rotatable bonds is 7. The number of amides is 2. The molecule has 0 radical (unpaired) electrons. The summed E-state index contributed by atoms with van der Waals surface area (Å²) in [5.74, 6) is 0.548. The SMILES string of the molecule is Cc1c(NC(=O)C2CC2)cccc1NC(=O)C(C)Oc1ccc(-c2ccccc2)cc1. The number of nitrogens with one attached hydrogen (secondary N) is 2. The van der Waals surface area contributed by atoms with Crippen LogP contribution >= 0.6 is 0 Å². The van der Waals surface area contributed by atoms with Crippen LogP contribution in [-0.2, 0) is 9.59 Å². The van der Waals surface area contributed by atoms with Crippen LogP contribution in [0.2, 0.25) is 0 Å². The van der Waals surface area contributed by atoms with Crippen molar-refractivity contribution >= 4 is 23.2 Å². The fourth-order valence-corrected chi connectivity index (χ4v) is 3.34. The molecule has 31 heavy (non-hydrogen) atoms. The molecule has 3 aromatic carbocycles. The molecule has 2 N–H and O–H groups in total. The zero-order valence-electron chi connectivity index (χ0n) is 17.7. The van der Waals surface area contributed by atoms with Gasteiger partial charge in [-0.1, -0.05) is 48.5 Å². The van der Waals surface area contributed by atoms with E-state index in [1.165, 1.54) is 0 Å². The van der Waals surface area contributed by atoms with E-state index in [-0.39, 0.29) is 17.7 Å². The van der Waals surface area contributed by atoms with Crippen molar-refractivity contribution in [3.8, 4) is 16.9 Å². The summed E-state index contributed by atoms with van der Waals surface area (Å²) in [6.07, 6.45) is 1.22. The summed E-state index contributed by atoms with van der Waals surface area (Å²) in [7, 11) is 0. The lowest BCUT2D eigenvalue weighted by Crippen LogP contribution is -2.30. The molecule has 4 rings (SSSR count). The van der Waals surface area contributed by atoms with Crippen molar-refractivity contribution in [3.63, 3.8) is 0 Å². The van der Waals surface area contributed by atoms with Crippen molar-refractivity contribution in [2.45, 2.75) is 32.8 Å². The molecule has 0 aromatic heterocycles. The lowest BCUT2D eigenvalue weighted by molar-refractivity contribution is -0.122. The minimum absolute atomic E-state index is 0.0437. The molecule has 3 aromatic rings. The van der Waals surface area contributed by atoms with Crippen molar-refractivity contribution in [1.29, 1.82) is 0 Å². The molecule has 5 nitrogen and oxygen atoms in total. The summed E-state index contributed by atoms with van der Waals surface area (Å²) in [5.41, 5.74) is 4.42. The lowest BCUT2D eigenvalue weighted by atomic mass is 10.1. The quantitative estimate of drug-likeness (QED) is 0.543. The molecule has 0 heterocycles. The Labute approximate surface area is 182 Å². The second-order valence-electron chi connectivity index (χ2n) is 7.88. The summed E-state index contributed by atoms with van der Waals surface area (Å²) < 4.78 is 5.83. The van der Waals surface area contributed by atoms with Crippen LogP contribution in [0.3, 0.4) is 0 Å². The van der Waals surface area contributed by atoms with Crippen LogP contribution in [0.5, 0.6) is 5.75 Å². The Balaban J connectivity index is 1.38. The number of carbonyl (C=O) groups excluding carboxylic acids is 2. The predicted molar refractivity (Wildman–Crippen MR) is 123 cm³/mol. The number of hydrogen-bond donors (Lipinski definition) is 2. The first kappa shape index (κ1) is 20.7. The zero-order valence-corrected chi connectivity index (χ0v) is 17.7. The van der Waals surface area contributed by atoms with E-state index in [2.05, 4.69) is 22.8 Å². The van der Waals surface area contributed by atoms with Crippen LogP contribution < -0.4 is 15.4 Å². The van der Waals surface area contributed by atoms with Crippen molar-refractivity contribution in [2.75, 3.05) is 10.6 Å². The van der Waals surface area contributed by atoms with E-state index in [1.54, 1.807) is 6.92 Å². The highest BCUT2D eigenvalue weighted by atomic mass is 16.5. The molecule has 158 valence electrons. The Morgan fingerprint density at radius 3 is 2.10 bits per heavy atom. The van der Waals surface area contributed by atoms with Gasteiger partial charge in [0, 0.05) is 17.3 Å². The van der Waals surface area contributed by atoms with E-state index in [9.17, 15) is 9.59 Å². The lowest BCUT2D eigenvalue weighted by Gasteiger charge is -2.17. The molecule has 0 spiro atoms. The second-order valence-corrected chi connectivity index (χ2v) is 7.88. The highest BCUT2D eigenvalue weighted by Gasteiger charge is 2.30. The summed E-state index contributed by atoms with van der Waals surface area (Å²) in [6.45, 7) is 3.60. The highest BCUT2D eigenvalue weighted by molar-refractivity contribution is 5.98. The normalized spacial score (nSPS) is 13.9. The van der Waals surface area contributed by atoms with E-state index in [1.807, 2.05) is 67.6 Å². The average molecular weight is 415 g/mol. The molecule has 5 heteroatoms. The third-order valence-electron chi connectivity index (χ3n) is 5.44. The van der Waals surface area contributed by atoms with Crippen LogP contribution in [0, 0.1) is 12.8 Å². The first-order valence-electron chi connectivity index (χ1n) is 10.5. The monoisotopic (exact) mass is 414 g/mol. The molecular weight excluding hydrogens is 388 g/mol. The Bertz CT molecular complexity index is 1070. The molecule has 0 saturated heterocycles. The van der Waals surface area contributed by atoms with Crippen LogP contribution in [0.25, 0.3) is 11.1 Å². The maximum atomic E-state index is 12.7. The summed E-state index contributed by atoms with van der Waals surface area (Å²) >= 11 is 0. The van der Waals surface area contributed by atoms with Crippen LogP contribution in [0.4, 0.5) is 11.4 Å². The fourth-order valence-electron chi connectivity index (χ4n) is 3.34. The van der Waals surface area contributed by atoms with E-state index < -0.39 is 6.10 Å². The van der Waals surface area contributed by atoms with Crippen molar-refractivity contribution in [3.05, 3.63) is 78.4 Å². The fraction of sp³-hybridized carbons (Fsp3) is 0.231. The summed E-state index contributed by atoms with van der Waals surface area (Å²) in [5, 5.41) is 5.86. The maximum absolute atomic E-state index is 12.7. The average Bonchev–Trinajstić information content (AvgIpc) is 3.63. The molecule has 2 amide bonds. The van der Waals surface area contributed by atoms with Gasteiger partial charge in [0.2, 0.25) is 5.91 Å². The number of benzene rings is 3. The third kappa shape index (κ3) is 5.12. The molecule has 1 atom stereocenters.